The molecule has 0 N–H and O–H groups in total. The van der Waals surface area contributed by atoms with E-state index in [1.165, 1.54) is 70.1 Å². The van der Waals surface area contributed by atoms with Crippen molar-refractivity contribution in [2.45, 2.75) is 0 Å². The summed E-state index contributed by atoms with van der Waals surface area (Å²) in [5.74, 6) is 0. The third-order valence-electron chi connectivity index (χ3n) is 13.6. The third-order valence-corrected chi connectivity index (χ3v) is 18.4. The van der Waals surface area contributed by atoms with Crippen LogP contribution in [-0.4, -0.2) is 12.6 Å². The number of para-hydroxylation sites is 2. The van der Waals surface area contributed by atoms with Crippen LogP contribution in [0.2, 0.25) is 0 Å². The predicted molar refractivity (Wildman–Crippen MR) is 287 cm³/mol. The van der Waals surface area contributed by atoms with Gasteiger partial charge in [0.15, 0.2) is 8.07 Å². The van der Waals surface area contributed by atoms with Gasteiger partial charge in [0, 0.05) is 27.5 Å². The summed E-state index contributed by atoms with van der Waals surface area (Å²) in [7, 11) is -2.64. The number of hydrogen-bond donors (Lipinski definition) is 0. The van der Waals surface area contributed by atoms with Crippen molar-refractivity contribution in [1.82, 2.24) is 4.57 Å². The Morgan fingerprint density at radius 2 is 0.731 bits per heavy atom. The van der Waals surface area contributed by atoms with Gasteiger partial charge in [-0.1, -0.05) is 231 Å². The number of benzene rings is 11. The Hall–Kier alpha value is -8.50. The smallest absolute Gasteiger partial charge is 0.179 e. The summed E-state index contributed by atoms with van der Waals surface area (Å²) in [5, 5.41) is 10.3. The molecule has 0 radical (unpaired) electrons. The molecule has 3 heteroatoms. The maximum Gasteiger partial charge on any atom is 0.179 e. The predicted octanol–water partition coefficient (Wildman–Crippen LogP) is 14.1. The van der Waals surface area contributed by atoms with Gasteiger partial charge in [0.25, 0.3) is 0 Å². The molecule has 0 spiro atoms. The Morgan fingerprint density at radius 3 is 1.36 bits per heavy atom. The van der Waals surface area contributed by atoms with E-state index < -0.39 is 8.07 Å². The van der Waals surface area contributed by atoms with E-state index in [1.807, 2.05) is 0 Å². The van der Waals surface area contributed by atoms with E-state index in [9.17, 15) is 0 Å². The van der Waals surface area contributed by atoms with Crippen molar-refractivity contribution in [2.75, 3.05) is 4.90 Å². The van der Waals surface area contributed by atoms with E-state index >= 15 is 0 Å². The molecular formula is C64H46N2Si. The molecule has 12 rings (SSSR count). The molecule has 0 saturated carbocycles. The van der Waals surface area contributed by atoms with Gasteiger partial charge in [-0.2, -0.15) is 0 Å². The van der Waals surface area contributed by atoms with Crippen LogP contribution in [0.3, 0.4) is 0 Å². The molecule has 12 aromatic rings. The van der Waals surface area contributed by atoms with E-state index in [-0.39, 0.29) is 0 Å². The van der Waals surface area contributed by atoms with Crippen LogP contribution in [0.1, 0.15) is 0 Å². The summed E-state index contributed by atoms with van der Waals surface area (Å²) < 4.78 is 2.40. The van der Waals surface area contributed by atoms with Crippen molar-refractivity contribution in [1.29, 1.82) is 0 Å². The monoisotopic (exact) mass is 870 g/mol. The fraction of sp³-hybridized carbons (Fsp3) is 0. The van der Waals surface area contributed by atoms with Crippen molar-refractivity contribution in [2.24, 2.45) is 0 Å². The standard InChI is InChI=1S/C64H46N2Si/c1-6-21-49(22-7-1)56-32-18-34-58-57(56)33-19-36-60(58)66(63-38-20-37-62-64(63)59-31-16-17-35-61(59)65(62)50-23-8-2-9-24-50)51-43-39-47(40-44-51)48-41-45-55(46-42-48)67(52-25-10-3-11-26-52,53-27-12-4-13-28-53)54-29-14-5-15-30-54/h1-46H. The Kier molecular flexibility index (Phi) is 10.2. The lowest BCUT2D eigenvalue weighted by Crippen LogP contribution is -2.74. The lowest BCUT2D eigenvalue weighted by atomic mass is 9.96. The van der Waals surface area contributed by atoms with Crippen LogP contribution in [0.25, 0.3) is 60.5 Å². The first kappa shape index (κ1) is 40.0. The summed E-state index contributed by atoms with van der Waals surface area (Å²) in [6.07, 6.45) is 0. The molecule has 1 heterocycles. The fourth-order valence-electron chi connectivity index (χ4n) is 10.6. The lowest BCUT2D eigenvalue weighted by Gasteiger charge is -2.34. The van der Waals surface area contributed by atoms with Gasteiger partial charge in [-0.25, -0.2) is 0 Å². The maximum atomic E-state index is 2.48. The van der Waals surface area contributed by atoms with Gasteiger partial charge in [0.1, 0.15) is 0 Å². The first-order valence-corrected chi connectivity index (χ1v) is 25.1. The van der Waals surface area contributed by atoms with Crippen molar-refractivity contribution < 1.29 is 0 Å². The van der Waals surface area contributed by atoms with Crippen LogP contribution in [-0.2, 0) is 0 Å². The Bertz CT molecular complexity index is 3550. The van der Waals surface area contributed by atoms with Gasteiger partial charge in [-0.3, -0.25) is 0 Å². The molecule has 0 amide bonds. The second-order valence-electron chi connectivity index (χ2n) is 17.2. The van der Waals surface area contributed by atoms with Crippen molar-refractivity contribution in [3.05, 3.63) is 279 Å². The van der Waals surface area contributed by atoms with E-state index in [1.54, 1.807) is 0 Å². The molecule has 2 nitrogen and oxygen atoms in total. The molecule has 0 bridgehead atoms. The summed E-state index contributed by atoms with van der Waals surface area (Å²) in [4.78, 5) is 2.48. The number of fused-ring (bicyclic) bond motifs is 4. The molecule has 0 atom stereocenters. The molecule has 0 aliphatic rings. The summed E-state index contributed by atoms with van der Waals surface area (Å²) in [6.45, 7) is 0. The number of aromatic nitrogens is 1. The van der Waals surface area contributed by atoms with E-state index in [0.29, 0.717) is 0 Å². The molecule has 0 fully saturated rings. The van der Waals surface area contributed by atoms with Gasteiger partial charge < -0.3 is 9.47 Å². The quantitative estimate of drug-likeness (QED) is 0.0982. The minimum Gasteiger partial charge on any atom is -0.309 e. The highest BCUT2D eigenvalue weighted by molar-refractivity contribution is 7.19. The van der Waals surface area contributed by atoms with Crippen LogP contribution in [0.4, 0.5) is 17.1 Å². The van der Waals surface area contributed by atoms with Crippen LogP contribution < -0.4 is 25.6 Å². The van der Waals surface area contributed by atoms with Gasteiger partial charge in [-0.15, -0.1) is 0 Å². The van der Waals surface area contributed by atoms with E-state index in [0.717, 1.165) is 28.3 Å². The highest BCUT2D eigenvalue weighted by Gasteiger charge is 2.41. The second kappa shape index (κ2) is 17.1. The first-order valence-electron chi connectivity index (χ1n) is 23.1. The summed E-state index contributed by atoms with van der Waals surface area (Å²) in [5.41, 5.74) is 11.6. The molecule has 67 heavy (non-hydrogen) atoms. The normalized spacial score (nSPS) is 11.6. The highest BCUT2D eigenvalue weighted by atomic mass is 28.3. The third kappa shape index (κ3) is 6.87. The Balaban J connectivity index is 1.02. The molecule has 0 unspecified atom stereocenters. The van der Waals surface area contributed by atoms with Crippen molar-refractivity contribution in [3.8, 4) is 27.9 Å². The molecule has 0 aliphatic heterocycles. The van der Waals surface area contributed by atoms with E-state index in [2.05, 4.69) is 289 Å². The number of nitrogens with zero attached hydrogens (tertiary/aromatic N) is 2. The first-order chi connectivity index (χ1) is 33.3. The van der Waals surface area contributed by atoms with Crippen LogP contribution in [0.15, 0.2) is 279 Å². The molecule has 0 aliphatic carbocycles. The minimum atomic E-state index is -2.64. The SMILES string of the molecule is c1ccc(-c2cccc3c(N(c4ccc(-c5ccc([Si](c6ccccc6)(c6ccccc6)c6ccccc6)cc5)cc4)c4cccc5c4c4ccccc4n5-c4ccccc4)cccc23)cc1. The average Bonchev–Trinajstić information content (AvgIpc) is 3.76. The minimum absolute atomic E-state index is 1.09. The molecule has 11 aromatic carbocycles. The number of anilines is 3. The van der Waals surface area contributed by atoms with Gasteiger partial charge in [-0.05, 0) is 96.9 Å². The fourth-order valence-corrected chi connectivity index (χ4v) is 15.3. The van der Waals surface area contributed by atoms with Crippen LogP contribution >= 0.6 is 0 Å². The van der Waals surface area contributed by atoms with Crippen molar-refractivity contribution in [3.63, 3.8) is 0 Å². The van der Waals surface area contributed by atoms with Crippen molar-refractivity contribution >= 4 is 78.5 Å². The van der Waals surface area contributed by atoms with Gasteiger partial charge >= 0.3 is 0 Å². The van der Waals surface area contributed by atoms with E-state index in [4.69, 9.17) is 0 Å². The van der Waals surface area contributed by atoms with Crippen LogP contribution in [0.5, 0.6) is 0 Å². The second-order valence-corrected chi connectivity index (χ2v) is 21.0. The lowest BCUT2D eigenvalue weighted by molar-refractivity contribution is 1.18. The Morgan fingerprint density at radius 1 is 0.284 bits per heavy atom. The molecule has 1 aromatic heterocycles. The van der Waals surface area contributed by atoms with Gasteiger partial charge in [0.2, 0.25) is 0 Å². The van der Waals surface area contributed by atoms with Gasteiger partial charge in [0.05, 0.1) is 22.4 Å². The number of hydrogen-bond acceptors (Lipinski definition) is 1. The highest BCUT2D eigenvalue weighted by Crippen LogP contribution is 2.46. The largest absolute Gasteiger partial charge is 0.309 e. The zero-order valence-corrected chi connectivity index (χ0v) is 38.0. The Labute approximate surface area is 392 Å². The summed E-state index contributed by atoms with van der Waals surface area (Å²) in [6, 6.07) is 103. The maximum absolute atomic E-state index is 2.64. The zero-order valence-electron chi connectivity index (χ0n) is 37.0. The molecular weight excluding hydrogens is 825 g/mol. The zero-order chi connectivity index (χ0) is 44.6. The number of rotatable bonds is 10. The average molecular weight is 871 g/mol. The van der Waals surface area contributed by atoms with Crippen LogP contribution in [0, 0.1) is 0 Å². The molecule has 0 saturated heterocycles. The summed E-state index contributed by atoms with van der Waals surface area (Å²) >= 11 is 0. The molecule has 316 valence electrons. The topological polar surface area (TPSA) is 8.17 Å².